The highest BCUT2D eigenvalue weighted by atomic mass is 32.1. The molecule has 14 aromatic rings. The number of nitrogens with zero attached hydrogens (tertiary/aromatic N) is 5. The minimum Gasteiger partial charge on any atom is -0.307 e. The van der Waals surface area contributed by atoms with Crippen LogP contribution in [0.15, 0.2) is 188 Å². The molecule has 14 rings (SSSR count). The Hall–Kier alpha value is -7.93. The van der Waals surface area contributed by atoms with Crippen LogP contribution in [0.3, 0.4) is 0 Å². The maximum atomic E-state index is 5.42. The van der Waals surface area contributed by atoms with Crippen LogP contribution in [0.5, 0.6) is 0 Å². The molecule has 5 nitrogen and oxygen atoms in total. The number of thiophene rings is 1. The predicted molar refractivity (Wildman–Crippen MR) is 256 cm³/mol. The molecule has 9 aromatic carbocycles. The molecule has 61 heavy (non-hydrogen) atoms. The molecule has 5 heterocycles. The molecule has 0 bridgehead atoms. The average Bonchev–Trinajstić information content (AvgIpc) is 3.99. The second-order valence-electron chi connectivity index (χ2n) is 15.9. The van der Waals surface area contributed by atoms with Gasteiger partial charge in [-0.15, -0.1) is 11.3 Å². The summed E-state index contributed by atoms with van der Waals surface area (Å²) in [6.45, 7) is 0. The van der Waals surface area contributed by atoms with Gasteiger partial charge in [0.2, 0.25) is 0 Å². The smallest absolute Gasteiger partial charge is 0.164 e. The summed E-state index contributed by atoms with van der Waals surface area (Å²) in [6, 6.07) is 67.8. The van der Waals surface area contributed by atoms with Gasteiger partial charge in [-0.2, -0.15) is 0 Å². The maximum absolute atomic E-state index is 5.42. The standard InChI is InChI=1S/C55H31N5S/c1-2-14-33(15-3-1)53-56-54(34-26-27-39-38-19-8-11-24-47(38)61-48(39)31-34)58-55(57-53)43-30-29-41-37-18-7-10-22-45(37)59-44-21-9-6-17-36(44)40-20-12-23-46(51(40)59)60-50-35-16-5-4-13-32(35)25-28-42(50)49(43)52(41)60/h1-31H. The van der Waals surface area contributed by atoms with Gasteiger partial charge in [-0.1, -0.05) is 152 Å². The number of hydrogen-bond donors (Lipinski definition) is 0. The van der Waals surface area contributed by atoms with E-state index in [0.29, 0.717) is 17.5 Å². The minimum atomic E-state index is 0.640. The SMILES string of the molecule is c1ccc(-c2nc(-c3ccc4c(c3)sc3ccccc34)nc(-c3ccc4c5ccccc5n5c6ccccc6c6cccc(c65)n5c6c7ccccc7ccc6c3c45)n2)cc1. The molecular weight excluding hydrogens is 763 g/mol. The van der Waals surface area contributed by atoms with Gasteiger partial charge in [0.15, 0.2) is 17.5 Å². The largest absolute Gasteiger partial charge is 0.307 e. The molecule has 0 radical (unpaired) electrons. The zero-order valence-corrected chi connectivity index (χ0v) is 33.4. The Bertz CT molecular complexity index is 4180. The highest BCUT2D eigenvalue weighted by Gasteiger charge is 2.24. The first-order valence-corrected chi connectivity index (χ1v) is 21.4. The third kappa shape index (κ3) is 4.57. The van der Waals surface area contributed by atoms with Crippen molar-refractivity contribution in [2.75, 3.05) is 0 Å². The molecule has 0 saturated heterocycles. The van der Waals surface area contributed by atoms with E-state index in [9.17, 15) is 0 Å². The summed E-state index contributed by atoms with van der Waals surface area (Å²) in [5, 5.41) is 12.0. The number of benzene rings is 9. The van der Waals surface area contributed by atoms with Crippen LogP contribution >= 0.6 is 11.3 Å². The summed E-state index contributed by atoms with van der Waals surface area (Å²) in [5.41, 5.74) is 9.83. The Labute approximate surface area is 352 Å². The molecule has 0 atom stereocenters. The lowest BCUT2D eigenvalue weighted by molar-refractivity contribution is 1.08. The Balaban J connectivity index is 1.18. The highest BCUT2D eigenvalue weighted by molar-refractivity contribution is 7.25. The van der Waals surface area contributed by atoms with Crippen LogP contribution in [0.4, 0.5) is 0 Å². The fraction of sp³-hybridized carbons (Fsp3) is 0. The first-order valence-electron chi connectivity index (χ1n) is 20.6. The van der Waals surface area contributed by atoms with E-state index in [2.05, 4.69) is 179 Å². The van der Waals surface area contributed by atoms with Crippen LogP contribution in [0, 0.1) is 0 Å². The lowest BCUT2D eigenvalue weighted by atomic mass is 9.99. The summed E-state index contributed by atoms with van der Waals surface area (Å²) in [7, 11) is 0. The van der Waals surface area contributed by atoms with Crippen molar-refractivity contribution in [3.8, 4) is 34.2 Å². The van der Waals surface area contributed by atoms with Gasteiger partial charge in [0.05, 0.1) is 33.1 Å². The fourth-order valence-electron chi connectivity index (χ4n) is 10.1. The van der Waals surface area contributed by atoms with Crippen LogP contribution in [0.2, 0.25) is 0 Å². The molecule has 5 aromatic heterocycles. The van der Waals surface area contributed by atoms with Crippen molar-refractivity contribution in [2.24, 2.45) is 0 Å². The predicted octanol–water partition coefficient (Wildman–Crippen LogP) is 14.7. The van der Waals surface area contributed by atoms with Crippen LogP contribution in [0.1, 0.15) is 0 Å². The topological polar surface area (TPSA) is 47.5 Å². The molecule has 0 aliphatic carbocycles. The van der Waals surface area contributed by atoms with Crippen LogP contribution in [-0.4, -0.2) is 23.8 Å². The second kappa shape index (κ2) is 12.3. The van der Waals surface area contributed by atoms with Gasteiger partial charge in [-0.05, 0) is 41.8 Å². The van der Waals surface area contributed by atoms with E-state index in [1.807, 2.05) is 18.2 Å². The van der Waals surface area contributed by atoms with E-state index >= 15 is 0 Å². The molecule has 6 heteroatoms. The van der Waals surface area contributed by atoms with Crippen molar-refractivity contribution in [3.63, 3.8) is 0 Å². The van der Waals surface area contributed by atoms with Gasteiger partial charge < -0.3 is 8.80 Å². The number of fused-ring (bicyclic) bond motifs is 15. The second-order valence-corrected chi connectivity index (χ2v) is 17.0. The number of aromatic nitrogens is 5. The molecule has 0 aliphatic rings. The van der Waals surface area contributed by atoms with E-state index in [-0.39, 0.29) is 0 Å². The Morgan fingerprint density at radius 2 is 0.918 bits per heavy atom. The summed E-state index contributed by atoms with van der Waals surface area (Å²) < 4.78 is 7.50. The Morgan fingerprint density at radius 1 is 0.328 bits per heavy atom. The molecule has 0 amide bonds. The van der Waals surface area contributed by atoms with Gasteiger partial charge >= 0.3 is 0 Å². The zero-order chi connectivity index (χ0) is 39.8. The van der Waals surface area contributed by atoms with E-state index in [1.165, 1.54) is 63.7 Å². The number of rotatable bonds is 3. The Morgan fingerprint density at radius 3 is 1.74 bits per heavy atom. The highest BCUT2D eigenvalue weighted by Crippen LogP contribution is 2.45. The van der Waals surface area contributed by atoms with Crippen molar-refractivity contribution >= 4 is 108 Å². The van der Waals surface area contributed by atoms with Crippen LogP contribution in [0.25, 0.3) is 131 Å². The van der Waals surface area contributed by atoms with Gasteiger partial charge in [0.25, 0.3) is 0 Å². The summed E-state index contributed by atoms with van der Waals surface area (Å²) in [6.07, 6.45) is 0. The Kier molecular flexibility index (Phi) is 6.65. The molecule has 0 saturated carbocycles. The van der Waals surface area contributed by atoms with Crippen molar-refractivity contribution < 1.29 is 0 Å². The lowest BCUT2D eigenvalue weighted by Crippen LogP contribution is -2.00. The van der Waals surface area contributed by atoms with E-state index < -0.39 is 0 Å². The third-order valence-electron chi connectivity index (χ3n) is 12.7. The average molecular weight is 794 g/mol. The fourth-order valence-corrected chi connectivity index (χ4v) is 11.2. The molecular formula is C55H31N5S. The monoisotopic (exact) mass is 793 g/mol. The number of hydrogen-bond acceptors (Lipinski definition) is 4. The third-order valence-corrected chi connectivity index (χ3v) is 13.8. The van der Waals surface area contributed by atoms with E-state index in [0.717, 1.165) is 49.4 Å². The summed E-state index contributed by atoms with van der Waals surface area (Å²) >= 11 is 1.81. The van der Waals surface area contributed by atoms with E-state index in [1.54, 1.807) is 11.3 Å². The van der Waals surface area contributed by atoms with Crippen molar-refractivity contribution in [2.45, 2.75) is 0 Å². The molecule has 0 aliphatic heterocycles. The number of para-hydroxylation sites is 3. The molecule has 282 valence electrons. The van der Waals surface area contributed by atoms with E-state index in [4.69, 9.17) is 15.0 Å². The van der Waals surface area contributed by atoms with Gasteiger partial charge in [-0.3, -0.25) is 0 Å². The zero-order valence-electron chi connectivity index (χ0n) is 32.5. The molecule has 0 N–H and O–H groups in total. The lowest BCUT2D eigenvalue weighted by Gasteiger charge is -2.13. The van der Waals surface area contributed by atoms with Gasteiger partial charge in [0, 0.05) is 74.6 Å². The summed E-state index contributed by atoms with van der Waals surface area (Å²) in [5.74, 6) is 1.93. The van der Waals surface area contributed by atoms with Crippen molar-refractivity contribution in [1.82, 2.24) is 23.8 Å². The first-order chi connectivity index (χ1) is 30.3. The minimum absolute atomic E-state index is 0.640. The van der Waals surface area contributed by atoms with Crippen LogP contribution < -0.4 is 0 Å². The van der Waals surface area contributed by atoms with Crippen molar-refractivity contribution in [1.29, 1.82) is 0 Å². The van der Waals surface area contributed by atoms with Crippen LogP contribution in [-0.2, 0) is 0 Å². The quantitative estimate of drug-likeness (QED) is 0.179. The van der Waals surface area contributed by atoms with Crippen molar-refractivity contribution in [3.05, 3.63) is 188 Å². The normalized spacial score (nSPS) is 12.3. The molecule has 0 unspecified atom stereocenters. The summed E-state index contributed by atoms with van der Waals surface area (Å²) in [4.78, 5) is 16.0. The molecule has 0 spiro atoms. The molecule has 0 fully saturated rings. The first kappa shape index (κ1) is 33.0. The van der Waals surface area contributed by atoms with Gasteiger partial charge in [0.1, 0.15) is 0 Å². The van der Waals surface area contributed by atoms with Gasteiger partial charge in [-0.25, -0.2) is 15.0 Å². The maximum Gasteiger partial charge on any atom is 0.164 e.